The molecule has 0 amide bonds. The molecule has 0 heteroatoms. The molecule has 0 aliphatic heterocycles. The molecule has 0 unspecified atom stereocenters. The average Bonchev–Trinajstić information content (AvgIpc) is 2.32. The number of allylic oxidation sites excluding steroid dienone is 5. The monoisotopic (exact) mass is 222 g/mol. The van der Waals surface area contributed by atoms with Crippen LogP contribution >= 0.6 is 0 Å². The van der Waals surface area contributed by atoms with Crippen molar-refractivity contribution < 1.29 is 0 Å². The fraction of sp³-hybridized carbons (Fsp3) is 0.625. The summed E-state index contributed by atoms with van der Waals surface area (Å²) in [7, 11) is 0. The van der Waals surface area contributed by atoms with Crippen LogP contribution < -0.4 is 0 Å². The molecule has 0 saturated heterocycles. The zero-order chi connectivity index (χ0) is 12.5. The summed E-state index contributed by atoms with van der Waals surface area (Å²) < 4.78 is 0. The third-order valence-corrected chi connectivity index (χ3v) is 2.12. The van der Waals surface area contributed by atoms with Crippen LogP contribution in [0.3, 0.4) is 0 Å². The van der Waals surface area contributed by atoms with Crippen molar-refractivity contribution in [2.75, 3.05) is 0 Å². The fourth-order valence-corrected chi connectivity index (χ4v) is 1.17. The lowest BCUT2D eigenvalue weighted by Gasteiger charge is -1.90. The molecule has 0 spiro atoms. The molecule has 0 bridgehead atoms. The Bertz CT molecular complexity index is 163. The predicted molar refractivity (Wildman–Crippen MR) is 77.8 cm³/mol. The molecule has 0 rings (SSSR count). The van der Waals surface area contributed by atoms with Crippen LogP contribution in [0.4, 0.5) is 0 Å². The summed E-state index contributed by atoms with van der Waals surface area (Å²) in [5, 5.41) is 0. The molecule has 0 aromatic rings. The molecule has 0 radical (unpaired) electrons. The van der Waals surface area contributed by atoms with Crippen LogP contribution in [0.1, 0.15) is 65.7 Å². The van der Waals surface area contributed by atoms with Crippen molar-refractivity contribution in [3.05, 3.63) is 37.0 Å². The van der Waals surface area contributed by atoms with Gasteiger partial charge in [0.25, 0.3) is 0 Å². The van der Waals surface area contributed by atoms with E-state index < -0.39 is 0 Å². The Morgan fingerprint density at radius 1 is 0.875 bits per heavy atom. The summed E-state index contributed by atoms with van der Waals surface area (Å²) in [5.41, 5.74) is 0. The zero-order valence-corrected chi connectivity index (χ0v) is 11.5. The Morgan fingerprint density at radius 3 is 2.00 bits per heavy atom. The van der Waals surface area contributed by atoms with Gasteiger partial charge in [-0.05, 0) is 45.4 Å². The van der Waals surface area contributed by atoms with Crippen LogP contribution in [0.2, 0.25) is 0 Å². The molecule has 0 aromatic heterocycles. The molecule has 0 aromatic carbocycles. The second kappa shape index (κ2) is 19.7. The molecule has 0 nitrogen and oxygen atoms in total. The number of unbranched alkanes of at least 4 members (excludes halogenated alkanes) is 4. The van der Waals surface area contributed by atoms with Gasteiger partial charge in [-0.15, -0.1) is 6.58 Å². The van der Waals surface area contributed by atoms with E-state index in [0.717, 1.165) is 0 Å². The zero-order valence-electron chi connectivity index (χ0n) is 11.5. The highest BCUT2D eigenvalue weighted by atomic mass is 13.9. The Kier molecular flexibility index (Phi) is 21.7. The highest BCUT2D eigenvalue weighted by Crippen LogP contribution is 2.00. The van der Waals surface area contributed by atoms with Crippen LogP contribution in [0, 0.1) is 0 Å². The van der Waals surface area contributed by atoms with E-state index in [9.17, 15) is 0 Å². The second-order valence-corrected chi connectivity index (χ2v) is 3.81. The van der Waals surface area contributed by atoms with Gasteiger partial charge in [0.05, 0.1) is 0 Å². The maximum atomic E-state index is 3.68. The largest absolute Gasteiger partial charge is 0.103 e. The van der Waals surface area contributed by atoms with Gasteiger partial charge in [0.1, 0.15) is 0 Å². The van der Waals surface area contributed by atoms with Gasteiger partial charge in [-0.1, -0.05) is 50.6 Å². The minimum atomic E-state index is 1.17. The van der Waals surface area contributed by atoms with E-state index >= 15 is 0 Å². The van der Waals surface area contributed by atoms with E-state index in [4.69, 9.17) is 0 Å². The third-order valence-electron chi connectivity index (χ3n) is 2.12. The van der Waals surface area contributed by atoms with Gasteiger partial charge >= 0.3 is 0 Å². The molecular weight excluding hydrogens is 192 g/mol. The van der Waals surface area contributed by atoms with E-state index in [2.05, 4.69) is 51.7 Å². The first-order chi connectivity index (χ1) is 7.83. The number of rotatable bonds is 8. The van der Waals surface area contributed by atoms with Crippen molar-refractivity contribution in [1.82, 2.24) is 0 Å². The highest BCUT2D eigenvalue weighted by Gasteiger charge is 1.80. The smallest absolute Gasteiger partial charge is 0.0351 e. The Morgan fingerprint density at radius 2 is 1.56 bits per heavy atom. The van der Waals surface area contributed by atoms with Crippen LogP contribution in [0.25, 0.3) is 0 Å². The second-order valence-electron chi connectivity index (χ2n) is 3.81. The summed E-state index contributed by atoms with van der Waals surface area (Å²) in [6, 6.07) is 0. The van der Waals surface area contributed by atoms with Gasteiger partial charge in [-0.25, -0.2) is 0 Å². The van der Waals surface area contributed by atoms with Gasteiger partial charge < -0.3 is 0 Å². The minimum absolute atomic E-state index is 1.17. The molecule has 0 fully saturated rings. The van der Waals surface area contributed by atoms with E-state index in [1.807, 2.05) is 6.08 Å². The van der Waals surface area contributed by atoms with Gasteiger partial charge in [-0.3, -0.25) is 0 Å². The van der Waals surface area contributed by atoms with Crippen LogP contribution in [0.15, 0.2) is 37.0 Å². The maximum Gasteiger partial charge on any atom is -0.0351 e. The molecule has 94 valence electrons. The molecule has 0 aliphatic rings. The van der Waals surface area contributed by atoms with Crippen LogP contribution in [0.5, 0.6) is 0 Å². The molecule has 16 heavy (non-hydrogen) atoms. The third kappa shape index (κ3) is 23.2. The standard InChI is InChI=1S/C10H18.C6H12/c1-3-5-7-9-10-8-6-4-2;1-3-5-6-4-2/h3,6,8H,1,4-5,7,9-10H2,2H3;3,5H,4,6H2,1-2H3. The van der Waals surface area contributed by atoms with Gasteiger partial charge in [0, 0.05) is 0 Å². The quantitative estimate of drug-likeness (QED) is 0.346. The highest BCUT2D eigenvalue weighted by molar-refractivity contribution is 4.80. The Labute approximate surface area is 103 Å². The van der Waals surface area contributed by atoms with Crippen LogP contribution in [-0.2, 0) is 0 Å². The lowest BCUT2D eigenvalue weighted by molar-refractivity contribution is 0.761. The normalized spacial score (nSPS) is 10.4. The van der Waals surface area contributed by atoms with E-state index in [1.165, 1.54) is 44.9 Å². The molecule has 0 heterocycles. The summed E-state index contributed by atoms with van der Waals surface area (Å²) in [6.45, 7) is 10.1. The summed E-state index contributed by atoms with van der Waals surface area (Å²) >= 11 is 0. The van der Waals surface area contributed by atoms with Gasteiger partial charge in [0.15, 0.2) is 0 Å². The molecule has 0 N–H and O–H groups in total. The van der Waals surface area contributed by atoms with Gasteiger partial charge in [0.2, 0.25) is 0 Å². The van der Waals surface area contributed by atoms with Crippen molar-refractivity contribution in [1.29, 1.82) is 0 Å². The first kappa shape index (κ1) is 17.6. The topological polar surface area (TPSA) is 0 Å². The Hall–Kier alpha value is -0.780. The first-order valence-electron chi connectivity index (χ1n) is 6.70. The molecular formula is C16H30. The van der Waals surface area contributed by atoms with Crippen molar-refractivity contribution >= 4 is 0 Å². The molecule has 0 atom stereocenters. The summed E-state index contributed by atoms with van der Waals surface area (Å²) in [4.78, 5) is 0. The summed E-state index contributed by atoms with van der Waals surface area (Å²) in [5.74, 6) is 0. The van der Waals surface area contributed by atoms with Crippen LogP contribution in [-0.4, -0.2) is 0 Å². The first-order valence-corrected chi connectivity index (χ1v) is 6.70. The molecule has 0 aliphatic carbocycles. The van der Waals surface area contributed by atoms with Crippen molar-refractivity contribution in [3.8, 4) is 0 Å². The van der Waals surface area contributed by atoms with Crippen molar-refractivity contribution in [3.63, 3.8) is 0 Å². The predicted octanol–water partition coefficient (Wildman–Crippen LogP) is 6.06. The SMILES string of the molecule is C=CCCCCC=CCC.CC=CCCC. The number of hydrogen-bond donors (Lipinski definition) is 0. The minimum Gasteiger partial charge on any atom is -0.103 e. The lowest BCUT2D eigenvalue weighted by atomic mass is 10.2. The van der Waals surface area contributed by atoms with E-state index in [-0.39, 0.29) is 0 Å². The van der Waals surface area contributed by atoms with Gasteiger partial charge in [-0.2, -0.15) is 0 Å². The summed E-state index contributed by atoms with van der Waals surface area (Å²) in [6.07, 6.45) is 19.4. The lowest BCUT2D eigenvalue weighted by Crippen LogP contribution is -1.70. The fourth-order valence-electron chi connectivity index (χ4n) is 1.17. The van der Waals surface area contributed by atoms with Crippen molar-refractivity contribution in [2.45, 2.75) is 65.7 Å². The molecule has 0 saturated carbocycles. The van der Waals surface area contributed by atoms with Crippen molar-refractivity contribution in [2.24, 2.45) is 0 Å². The van der Waals surface area contributed by atoms with E-state index in [0.29, 0.717) is 0 Å². The number of hydrogen-bond acceptors (Lipinski definition) is 0. The van der Waals surface area contributed by atoms with E-state index in [1.54, 1.807) is 0 Å². The maximum absolute atomic E-state index is 3.68. The average molecular weight is 222 g/mol. The Balaban J connectivity index is 0.